The molecule has 0 aliphatic rings. The fraction of sp³-hybridized carbons (Fsp3) is 0.103. The van der Waals surface area contributed by atoms with E-state index in [0.717, 1.165) is 22.4 Å². The maximum absolute atomic E-state index is 12.1. The van der Waals surface area contributed by atoms with E-state index in [-0.39, 0.29) is 12.4 Å². The van der Waals surface area contributed by atoms with Crippen molar-refractivity contribution in [2.45, 2.75) is 13.8 Å². The number of carbonyl (C=O) groups is 1. The lowest BCUT2D eigenvalue weighted by Crippen LogP contribution is -2.24. The Balaban J connectivity index is 1.30. The number of hydrogen-bond acceptors (Lipinski definition) is 6. The van der Waals surface area contributed by atoms with Crippen LogP contribution in [-0.4, -0.2) is 23.8 Å². The Kier molecular flexibility index (Phi) is 7.83. The number of phenolic OH excluding ortho intramolecular Hbond substituents is 1. The molecule has 0 aliphatic carbocycles. The molecule has 4 aromatic rings. The van der Waals surface area contributed by atoms with E-state index in [1.165, 1.54) is 17.8 Å². The Bertz CT molecular complexity index is 1400. The van der Waals surface area contributed by atoms with Crippen molar-refractivity contribution in [3.63, 3.8) is 0 Å². The van der Waals surface area contributed by atoms with Crippen molar-refractivity contribution in [3.05, 3.63) is 108 Å². The van der Waals surface area contributed by atoms with E-state index in [1.807, 2.05) is 86.6 Å². The third-order valence-corrected chi connectivity index (χ3v) is 5.51. The minimum atomic E-state index is -0.427. The van der Waals surface area contributed by atoms with Crippen molar-refractivity contribution in [1.82, 2.24) is 5.43 Å². The lowest BCUT2D eigenvalue weighted by Gasteiger charge is -2.07. The fourth-order valence-electron chi connectivity index (χ4n) is 3.34. The molecule has 4 rings (SSSR count). The summed E-state index contributed by atoms with van der Waals surface area (Å²) in [7, 11) is 0. The van der Waals surface area contributed by atoms with Crippen LogP contribution in [0.1, 0.15) is 16.7 Å². The summed E-state index contributed by atoms with van der Waals surface area (Å²) in [6.07, 6.45) is 1.34. The normalized spacial score (nSPS) is 11.2. The number of ether oxygens (including phenoxy) is 1. The van der Waals surface area contributed by atoms with Crippen molar-refractivity contribution in [2.75, 3.05) is 6.61 Å². The molecule has 0 fully saturated rings. The van der Waals surface area contributed by atoms with Crippen LogP contribution in [0.2, 0.25) is 0 Å². The summed E-state index contributed by atoms with van der Waals surface area (Å²) in [6, 6.07) is 28.1. The number of carbonyl (C=O) groups excluding carboxylic acids is 1. The van der Waals surface area contributed by atoms with Gasteiger partial charge in [-0.15, -0.1) is 0 Å². The first-order chi connectivity index (χ1) is 17.5. The summed E-state index contributed by atoms with van der Waals surface area (Å²) in [4.78, 5) is 12.1. The first-order valence-electron chi connectivity index (χ1n) is 11.4. The Hall–Kier alpha value is -4.78. The van der Waals surface area contributed by atoms with E-state index in [0.29, 0.717) is 17.0 Å². The van der Waals surface area contributed by atoms with Crippen LogP contribution >= 0.6 is 0 Å². The maximum atomic E-state index is 12.1. The number of nitrogens with one attached hydrogen (secondary N) is 1. The van der Waals surface area contributed by atoms with E-state index in [9.17, 15) is 9.90 Å². The number of phenols is 1. The number of aryl methyl sites for hydroxylation is 2. The topological polar surface area (TPSA) is 95.6 Å². The van der Waals surface area contributed by atoms with Gasteiger partial charge in [-0.25, -0.2) is 5.43 Å². The number of benzene rings is 4. The second-order valence-electron chi connectivity index (χ2n) is 8.18. The number of hydrazone groups is 1. The molecule has 0 unspecified atom stereocenters. The molecule has 7 nitrogen and oxygen atoms in total. The molecule has 2 N–H and O–H groups in total. The first-order valence-corrected chi connectivity index (χ1v) is 11.4. The van der Waals surface area contributed by atoms with Gasteiger partial charge in [0.15, 0.2) is 6.61 Å². The predicted octanol–water partition coefficient (Wildman–Crippen LogP) is 6.62. The second-order valence-corrected chi connectivity index (χ2v) is 8.18. The molecule has 0 aromatic heterocycles. The number of nitrogens with zero attached hydrogens (tertiary/aromatic N) is 3. The Morgan fingerprint density at radius 3 is 2.22 bits per heavy atom. The van der Waals surface area contributed by atoms with Crippen molar-refractivity contribution < 1.29 is 14.6 Å². The molecule has 1 amide bonds. The highest BCUT2D eigenvalue weighted by atomic mass is 16.5. The Labute approximate surface area is 209 Å². The lowest BCUT2D eigenvalue weighted by molar-refractivity contribution is -0.123. The minimum absolute atomic E-state index is 0.00730. The van der Waals surface area contributed by atoms with E-state index in [4.69, 9.17) is 4.74 Å². The summed E-state index contributed by atoms with van der Waals surface area (Å²) in [5.41, 5.74) is 8.56. The first kappa shape index (κ1) is 24.3. The number of azo groups is 1. The molecule has 0 saturated carbocycles. The number of hydrogen-bond donors (Lipinski definition) is 2. The molecular formula is C29H26N4O3. The second kappa shape index (κ2) is 11.6. The molecule has 180 valence electrons. The number of aromatic hydroxyl groups is 1. The summed E-state index contributed by atoms with van der Waals surface area (Å²) in [5.74, 6) is 0.157. The molecule has 36 heavy (non-hydrogen) atoms. The van der Waals surface area contributed by atoms with Crippen molar-refractivity contribution >= 4 is 23.5 Å². The van der Waals surface area contributed by atoms with Crippen LogP contribution < -0.4 is 10.2 Å². The Morgan fingerprint density at radius 2 is 1.50 bits per heavy atom. The molecule has 7 heteroatoms. The van der Waals surface area contributed by atoms with Gasteiger partial charge in [0.2, 0.25) is 0 Å². The lowest BCUT2D eigenvalue weighted by atomic mass is 10.1. The molecule has 0 bridgehead atoms. The summed E-state index contributed by atoms with van der Waals surface area (Å²) >= 11 is 0. The summed E-state index contributed by atoms with van der Waals surface area (Å²) in [5, 5.41) is 22.5. The third-order valence-electron chi connectivity index (χ3n) is 5.51. The average molecular weight is 479 g/mol. The molecule has 0 spiro atoms. The van der Waals surface area contributed by atoms with E-state index in [1.54, 1.807) is 12.1 Å². The van der Waals surface area contributed by atoms with Crippen molar-refractivity contribution in [2.24, 2.45) is 15.3 Å². The maximum Gasteiger partial charge on any atom is 0.277 e. The van der Waals surface area contributed by atoms with E-state index in [2.05, 4.69) is 20.8 Å². The molecule has 4 aromatic carbocycles. The average Bonchev–Trinajstić information content (AvgIpc) is 2.90. The SMILES string of the molecule is Cc1ccc(N=Nc2ccc(O)c(/C=N/NC(=O)COc3ccc(-c4ccccc4)cc3)c2)cc1C. The summed E-state index contributed by atoms with van der Waals surface area (Å²) in [6.45, 7) is 3.86. The molecule has 0 heterocycles. The smallest absolute Gasteiger partial charge is 0.277 e. The van der Waals surface area contributed by atoms with Gasteiger partial charge in [-0.1, -0.05) is 48.5 Å². The standard InChI is InChI=1S/C29H26N4O3/c1-20-8-11-25(16-21(20)2)31-32-26-12-15-28(34)24(17-26)18-30-33-29(35)19-36-27-13-9-23(10-14-27)22-6-4-3-5-7-22/h3-18,34H,19H2,1-2H3,(H,33,35)/b30-18+,32-31?. The van der Waals surface area contributed by atoms with Gasteiger partial charge in [0.25, 0.3) is 5.91 Å². The highest BCUT2D eigenvalue weighted by Gasteiger charge is 2.04. The van der Waals surface area contributed by atoms with Gasteiger partial charge < -0.3 is 9.84 Å². The van der Waals surface area contributed by atoms with Gasteiger partial charge in [-0.3, -0.25) is 4.79 Å². The van der Waals surface area contributed by atoms with Gasteiger partial charge >= 0.3 is 0 Å². The van der Waals surface area contributed by atoms with E-state index < -0.39 is 5.91 Å². The summed E-state index contributed by atoms with van der Waals surface area (Å²) < 4.78 is 5.53. The molecule has 0 radical (unpaired) electrons. The molecular weight excluding hydrogens is 452 g/mol. The number of amides is 1. The zero-order chi connectivity index (χ0) is 25.3. The molecule has 0 saturated heterocycles. The number of rotatable bonds is 8. The van der Waals surface area contributed by atoms with Gasteiger partial charge in [0, 0.05) is 5.56 Å². The molecule has 0 aliphatic heterocycles. The van der Waals surface area contributed by atoms with Crippen LogP contribution in [0.3, 0.4) is 0 Å². The zero-order valence-electron chi connectivity index (χ0n) is 20.1. The largest absolute Gasteiger partial charge is 0.507 e. The highest BCUT2D eigenvalue weighted by Crippen LogP contribution is 2.25. The van der Waals surface area contributed by atoms with Gasteiger partial charge in [0.05, 0.1) is 17.6 Å². The van der Waals surface area contributed by atoms with Crippen molar-refractivity contribution in [3.8, 4) is 22.6 Å². The zero-order valence-corrected chi connectivity index (χ0v) is 20.1. The quantitative estimate of drug-likeness (QED) is 0.169. The van der Waals surface area contributed by atoms with Crippen LogP contribution in [-0.2, 0) is 4.79 Å². The van der Waals surface area contributed by atoms with Crippen LogP contribution in [0.15, 0.2) is 106 Å². The molecule has 0 atom stereocenters. The van der Waals surface area contributed by atoms with Crippen LogP contribution in [0.4, 0.5) is 11.4 Å². The minimum Gasteiger partial charge on any atom is -0.507 e. The Morgan fingerprint density at radius 1 is 0.833 bits per heavy atom. The van der Waals surface area contributed by atoms with Crippen molar-refractivity contribution in [1.29, 1.82) is 0 Å². The third kappa shape index (κ3) is 6.64. The van der Waals surface area contributed by atoms with Gasteiger partial charge in [-0.05, 0) is 78.6 Å². The van der Waals surface area contributed by atoms with Gasteiger partial charge in [-0.2, -0.15) is 15.3 Å². The predicted molar refractivity (Wildman–Crippen MR) is 141 cm³/mol. The fourth-order valence-corrected chi connectivity index (χ4v) is 3.34. The van der Waals surface area contributed by atoms with E-state index >= 15 is 0 Å². The van der Waals surface area contributed by atoms with Gasteiger partial charge in [0.1, 0.15) is 11.5 Å². The van der Waals surface area contributed by atoms with Crippen LogP contribution in [0.25, 0.3) is 11.1 Å². The highest BCUT2D eigenvalue weighted by molar-refractivity contribution is 5.86. The van der Waals surface area contributed by atoms with Crippen LogP contribution in [0, 0.1) is 13.8 Å². The van der Waals surface area contributed by atoms with Crippen LogP contribution in [0.5, 0.6) is 11.5 Å². The monoisotopic (exact) mass is 478 g/mol.